The van der Waals surface area contributed by atoms with E-state index in [1.54, 1.807) is 18.2 Å². The lowest BCUT2D eigenvalue weighted by molar-refractivity contribution is 0.0809. The zero-order chi connectivity index (χ0) is 16.8. The Balaban J connectivity index is 1.90. The topological polar surface area (TPSA) is 69.3 Å². The number of carbonyl (C=O) groups is 2. The summed E-state index contributed by atoms with van der Waals surface area (Å²) in [6, 6.07) is 12.0. The number of aromatic nitrogens is 1. The third kappa shape index (κ3) is 2.04. The molecule has 6 heteroatoms. The highest BCUT2D eigenvalue weighted by Gasteiger charge is 2.36. The van der Waals surface area contributed by atoms with Gasteiger partial charge in [-0.25, -0.2) is 9.18 Å². The molecule has 1 aromatic heterocycles. The van der Waals surface area contributed by atoms with Crippen molar-refractivity contribution in [2.75, 3.05) is 0 Å². The molecule has 0 fully saturated rings. The van der Waals surface area contributed by atoms with E-state index in [1.165, 1.54) is 30.3 Å². The van der Waals surface area contributed by atoms with Crippen molar-refractivity contribution in [1.82, 2.24) is 4.57 Å². The predicted octanol–water partition coefficient (Wildman–Crippen LogP) is 2.67. The van der Waals surface area contributed by atoms with E-state index < -0.39 is 23.1 Å². The Hall–Kier alpha value is -3.28. The van der Waals surface area contributed by atoms with Crippen molar-refractivity contribution in [3.8, 4) is 11.3 Å². The second kappa shape index (κ2) is 5.13. The minimum absolute atomic E-state index is 0.0130. The number of Topliss-reactive ketones (excluding diaryl/α,β-unsaturated/α-hetero) is 2. The van der Waals surface area contributed by atoms with Crippen LogP contribution in [-0.2, 0) is 6.54 Å². The summed E-state index contributed by atoms with van der Waals surface area (Å²) in [5, 5.41) is 0. The van der Waals surface area contributed by atoms with Gasteiger partial charge in [0.2, 0.25) is 5.78 Å². The molecule has 2 aromatic carbocycles. The quantitative estimate of drug-likeness (QED) is 0.680. The van der Waals surface area contributed by atoms with Gasteiger partial charge < -0.3 is 4.42 Å². The summed E-state index contributed by atoms with van der Waals surface area (Å²) < 4.78 is 19.4. The molecule has 0 unspecified atom stereocenters. The van der Waals surface area contributed by atoms with Crippen molar-refractivity contribution < 1.29 is 18.4 Å². The van der Waals surface area contributed by atoms with Crippen LogP contribution >= 0.6 is 0 Å². The van der Waals surface area contributed by atoms with Crippen LogP contribution in [0.4, 0.5) is 4.39 Å². The number of fused-ring (bicyclic) bond motifs is 3. The van der Waals surface area contributed by atoms with E-state index in [1.807, 2.05) is 0 Å². The monoisotopic (exact) mass is 323 g/mol. The first-order valence-corrected chi connectivity index (χ1v) is 7.23. The molecule has 0 aliphatic heterocycles. The van der Waals surface area contributed by atoms with Crippen LogP contribution in [0, 0.1) is 5.82 Å². The number of hydrogen-bond acceptors (Lipinski definition) is 4. The summed E-state index contributed by atoms with van der Waals surface area (Å²) in [5.41, 5.74) is 1.19. The minimum Gasteiger partial charge on any atom is -0.407 e. The number of hydrogen-bond donors (Lipinski definition) is 0. The van der Waals surface area contributed by atoms with Crippen LogP contribution in [0.15, 0.2) is 57.7 Å². The zero-order valence-corrected chi connectivity index (χ0v) is 12.3. The molecule has 0 amide bonds. The molecule has 4 rings (SSSR count). The molecule has 0 saturated carbocycles. The highest BCUT2D eigenvalue weighted by Crippen LogP contribution is 2.32. The van der Waals surface area contributed by atoms with Gasteiger partial charge in [0.05, 0.1) is 6.54 Å². The molecular weight excluding hydrogens is 313 g/mol. The normalized spacial score (nSPS) is 12.9. The highest BCUT2D eigenvalue weighted by atomic mass is 19.1. The third-order valence-electron chi connectivity index (χ3n) is 3.99. The molecule has 0 bridgehead atoms. The Morgan fingerprint density at radius 2 is 1.54 bits per heavy atom. The van der Waals surface area contributed by atoms with Crippen molar-refractivity contribution in [3.05, 3.63) is 81.7 Å². The molecule has 1 heterocycles. The Morgan fingerprint density at radius 3 is 2.25 bits per heavy atom. The maximum absolute atomic E-state index is 13.0. The summed E-state index contributed by atoms with van der Waals surface area (Å²) in [4.78, 5) is 36.9. The predicted molar refractivity (Wildman–Crippen MR) is 82.6 cm³/mol. The van der Waals surface area contributed by atoms with Crippen LogP contribution in [0.5, 0.6) is 0 Å². The Kier molecular flexibility index (Phi) is 3.06. The molecule has 0 atom stereocenters. The molecule has 3 aromatic rings. The average molecular weight is 323 g/mol. The zero-order valence-electron chi connectivity index (χ0n) is 12.3. The van der Waals surface area contributed by atoms with Gasteiger partial charge in [0.15, 0.2) is 5.76 Å². The fraction of sp³-hybridized carbons (Fsp3) is 0.0556. The third-order valence-corrected chi connectivity index (χ3v) is 3.99. The molecule has 5 nitrogen and oxygen atoms in total. The lowest BCUT2D eigenvalue weighted by Crippen LogP contribution is -2.27. The van der Waals surface area contributed by atoms with Gasteiger partial charge in [-0.2, -0.15) is 0 Å². The fourth-order valence-electron chi connectivity index (χ4n) is 2.84. The van der Waals surface area contributed by atoms with Gasteiger partial charge in [0, 0.05) is 11.1 Å². The summed E-state index contributed by atoms with van der Waals surface area (Å²) in [5.74, 6) is -2.49. The van der Waals surface area contributed by atoms with E-state index in [-0.39, 0.29) is 23.6 Å². The van der Waals surface area contributed by atoms with Crippen molar-refractivity contribution in [3.63, 3.8) is 0 Å². The second-order valence-corrected chi connectivity index (χ2v) is 5.46. The van der Waals surface area contributed by atoms with Crippen LogP contribution < -0.4 is 5.76 Å². The van der Waals surface area contributed by atoms with Crippen LogP contribution in [0.25, 0.3) is 11.3 Å². The SMILES string of the molecule is O=C1C(=O)c2c(oc(=O)n2Cc2ccc(F)cc2)-c2ccccc21. The smallest absolute Gasteiger partial charge is 0.407 e. The molecule has 0 spiro atoms. The van der Waals surface area contributed by atoms with Crippen molar-refractivity contribution in [1.29, 1.82) is 0 Å². The van der Waals surface area contributed by atoms with E-state index in [0.717, 1.165) is 4.57 Å². The van der Waals surface area contributed by atoms with E-state index in [9.17, 15) is 18.8 Å². The first-order chi connectivity index (χ1) is 11.6. The van der Waals surface area contributed by atoms with Gasteiger partial charge >= 0.3 is 5.76 Å². The first-order valence-electron chi connectivity index (χ1n) is 7.23. The van der Waals surface area contributed by atoms with Crippen LogP contribution in [0.2, 0.25) is 0 Å². The molecule has 1 aliphatic rings. The standard InChI is InChI=1S/C18H10FNO4/c19-11-7-5-10(6-8-11)9-20-14-16(22)15(21)12-3-1-2-4-13(12)17(14)24-18(20)23/h1-8H,9H2. The molecule has 0 N–H and O–H groups in total. The number of halogens is 1. The molecule has 0 radical (unpaired) electrons. The number of carbonyl (C=O) groups excluding carboxylic acids is 2. The van der Waals surface area contributed by atoms with Gasteiger partial charge in [-0.1, -0.05) is 36.4 Å². The molecule has 118 valence electrons. The Bertz CT molecular complexity index is 1040. The minimum atomic E-state index is -0.781. The molecule has 0 saturated heterocycles. The van der Waals surface area contributed by atoms with E-state index in [4.69, 9.17) is 4.42 Å². The van der Waals surface area contributed by atoms with Crippen LogP contribution in [-0.4, -0.2) is 16.1 Å². The van der Waals surface area contributed by atoms with Crippen molar-refractivity contribution in [2.24, 2.45) is 0 Å². The maximum atomic E-state index is 13.0. The Morgan fingerprint density at radius 1 is 0.875 bits per heavy atom. The number of rotatable bonds is 2. The van der Waals surface area contributed by atoms with Crippen LogP contribution in [0.1, 0.15) is 26.4 Å². The lowest BCUT2D eigenvalue weighted by atomic mass is 9.91. The van der Waals surface area contributed by atoms with Crippen molar-refractivity contribution in [2.45, 2.75) is 6.54 Å². The first kappa shape index (κ1) is 14.3. The van der Waals surface area contributed by atoms with Gasteiger partial charge in [0.1, 0.15) is 11.5 Å². The van der Waals surface area contributed by atoms with E-state index in [0.29, 0.717) is 11.1 Å². The summed E-state index contributed by atoms with van der Waals surface area (Å²) in [6.07, 6.45) is 0. The number of ketones is 2. The molecule has 1 aliphatic carbocycles. The Labute approximate surface area is 135 Å². The number of nitrogens with zero attached hydrogens (tertiary/aromatic N) is 1. The molecule has 24 heavy (non-hydrogen) atoms. The van der Waals surface area contributed by atoms with Gasteiger partial charge in [-0.15, -0.1) is 0 Å². The number of oxazole rings is 1. The second-order valence-electron chi connectivity index (χ2n) is 5.46. The maximum Gasteiger partial charge on any atom is 0.420 e. The average Bonchev–Trinajstić information content (AvgIpc) is 2.92. The van der Waals surface area contributed by atoms with E-state index in [2.05, 4.69) is 0 Å². The molecular formula is C18H10FNO4. The highest BCUT2D eigenvalue weighted by molar-refractivity contribution is 6.52. The van der Waals surface area contributed by atoms with Gasteiger partial charge in [-0.05, 0) is 17.7 Å². The summed E-state index contributed by atoms with van der Waals surface area (Å²) in [7, 11) is 0. The summed E-state index contributed by atoms with van der Waals surface area (Å²) in [6.45, 7) is 0.0130. The van der Waals surface area contributed by atoms with Gasteiger partial charge in [-0.3, -0.25) is 14.2 Å². The lowest BCUT2D eigenvalue weighted by Gasteiger charge is -2.14. The van der Waals surface area contributed by atoms with Crippen molar-refractivity contribution >= 4 is 11.6 Å². The van der Waals surface area contributed by atoms with E-state index >= 15 is 0 Å². The summed E-state index contributed by atoms with van der Waals surface area (Å²) >= 11 is 0. The number of benzene rings is 2. The largest absolute Gasteiger partial charge is 0.420 e. The van der Waals surface area contributed by atoms with Crippen LogP contribution in [0.3, 0.4) is 0 Å². The van der Waals surface area contributed by atoms with Gasteiger partial charge in [0.25, 0.3) is 5.78 Å². The fourth-order valence-corrected chi connectivity index (χ4v) is 2.84.